The molecule has 2 fully saturated rings. The van der Waals surface area contributed by atoms with Crippen LogP contribution in [0.5, 0.6) is 0 Å². The van der Waals surface area contributed by atoms with Crippen molar-refractivity contribution in [1.82, 2.24) is 29.1 Å². The van der Waals surface area contributed by atoms with E-state index in [1.807, 2.05) is 0 Å². The third-order valence-electron chi connectivity index (χ3n) is 6.85. The average Bonchev–Trinajstić information content (AvgIpc) is 3.51. The molecular formula is C25H26F3N7O3. The summed E-state index contributed by atoms with van der Waals surface area (Å²) in [5, 5.41) is 6.46. The number of nitrogens with one attached hydrogen (secondary N) is 1. The molecule has 0 bridgehead atoms. The topological polar surface area (TPSA) is 105 Å². The average molecular weight is 530 g/mol. The molecule has 38 heavy (non-hydrogen) atoms. The van der Waals surface area contributed by atoms with Crippen molar-refractivity contribution in [2.24, 2.45) is 7.05 Å². The Labute approximate surface area is 216 Å². The van der Waals surface area contributed by atoms with Crippen molar-refractivity contribution >= 4 is 23.9 Å². The predicted octanol–water partition coefficient (Wildman–Crippen LogP) is 3.11. The number of carbonyl (C=O) groups excluding carboxylic acids is 3. The molecule has 13 heteroatoms. The number of anilines is 1. The number of benzene rings is 1. The summed E-state index contributed by atoms with van der Waals surface area (Å²) in [4.78, 5) is 44.2. The van der Waals surface area contributed by atoms with Gasteiger partial charge in [0.25, 0.3) is 11.8 Å². The first-order valence-electron chi connectivity index (χ1n) is 12.2. The fourth-order valence-electron chi connectivity index (χ4n) is 4.55. The van der Waals surface area contributed by atoms with Crippen molar-refractivity contribution in [2.45, 2.75) is 32.0 Å². The van der Waals surface area contributed by atoms with E-state index in [1.54, 1.807) is 34.9 Å². The molecule has 3 heterocycles. The molecule has 1 N–H and O–H groups in total. The van der Waals surface area contributed by atoms with Gasteiger partial charge in [-0.25, -0.2) is 4.98 Å². The Kier molecular flexibility index (Phi) is 6.45. The van der Waals surface area contributed by atoms with E-state index in [4.69, 9.17) is 0 Å². The number of aromatic nitrogens is 4. The molecule has 5 rings (SSSR count). The van der Waals surface area contributed by atoms with Crippen LogP contribution in [0.4, 0.5) is 18.9 Å². The number of hydrogen-bond acceptors (Lipinski definition) is 5. The van der Waals surface area contributed by atoms with Crippen LogP contribution in [0.1, 0.15) is 51.1 Å². The van der Waals surface area contributed by atoms with Gasteiger partial charge in [0.1, 0.15) is 0 Å². The van der Waals surface area contributed by atoms with E-state index in [-0.39, 0.29) is 29.0 Å². The van der Waals surface area contributed by atoms with Crippen LogP contribution in [0, 0.1) is 6.92 Å². The van der Waals surface area contributed by atoms with Crippen molar-refractivity contribution in [2.75, 3.05) is 31.5 Å². The van der Waals surface area contributed by atoms with Crippen LogP contribution >= 0.6 is 0 Å². The van der Waals surface area contributed by atoms with E-state index in [0.717, 1.165) is 19.3 Å². The molecule has 1 aliphatic carbocycles. The summed E-state index contributed by atoms with van der Waals surface area (Å²) >= 11 is 0. The molecule has 200 valence electrons. The molecule has 2 aliphatic rings. The van der Waals surface area contributed by atoms with Crippen LogP contribution < -0.4 is 5.32 Å². The summed E-state index contributed by atoms with van der Waals surface area (Å²) in [6.07, 6.45) is 0.259. The second-order valence-corrected chi connectivity index (χ2v) is 9.54. The Morgan fingerprint density at radius 1 is 1.13 bits per heavy atom. The van der Waals surface area contributed by atoms with Gasteiger partial charge in [0.2, 0.25) is 6.41 Å². The normalized spacial score (nSPS) is 16.0. The highest BCUT2D eigenvalue weighted by Crippen LogP contribution is 2.41. The standard InChI is InChI=1S/C25H26F3N7O3/c1-15-11-16(3-6-18(15)24(38)34-9-7-33(14-36)8-10-34)30-23(37)22-29-12-20(32(22)2)19-13-35(17-4-5-17)31-21(19)25(26,27)28/h3,6,11-14,17H,4-5,7-10H2,1-2H3,(H,30,37). The van der Waals surface area contributed by atoms with Gasteiger partial charge in [-0.2, -0.15) is 18.3 Å². The number of nitrogens with zero attached hydrogens (tertiary/aromatic N) is 6. The monoisotopic (exact) mass is 529 g/mol. The van der Waals surface area contributed by atoms with Gasteiger partial charge in [-0.05, 0) is 43.5 Å². The maximum Gasteiger partial charge on any atom is 0.435 e. The van der Waals surface area contributed by atoms with E-state index < -0.39 is 17.8 Å². The van der Waals surface area contributed by atoms with E-state index >= 15 is 0 Å². The van der Waals surface area contributed by atoms with Gasteiger partial charge >= 0.3 is 6.18 Å². The van der Waals surface area contributed by atoms with Crippen molar-refractivity contribution in [3.63, 3.8) is 0 Å². The van der Waals surface area contributed by atoms with Gasteiger partial charge in [0.15, 0.2) is 11.5 Å². The number of rotatable bonds is 6. The third-order valence-corrected chi connectivity index (χ3v) is 6.85. The number of imidazole rings is 1. The fourth-order valence-corrected chi connectivity index (χ4v) is 4.55. The minimum Gasteiger partial charge on any atom is -0.342 e. The summed E-state index contributed by atoms with van der Waals surface area (Å²) in [6, 6.07) is 4.81. The van der Waals surface area contributed by atoms with E-state index in [1.165, 1.54) is 28.7 Å². The summed E-state index contributed by atoms with van der Waals surface area (Å²) in [7, 11) is 1.48. The maximum atomic E-state index is 13.7. The zero-order valence-corrected chi connectivity index (χ0v) is 20.8. The molecule has 1 saturated heterocycles. The number of alkyl halides is 3. The second kappa shape index (κ2) is 9.62. The first kappa shape index (κ1) is 25.5. The van der Waals surface area contributed by atoms with Crippen molar-refractivity contribution in [3.8, 4) is 11.3 Å². The van der Waals surface area contributed by atoms with E-state index in [2.05, 4.69) is 15.4 Å². The van der Waals surface area contributed by atoms with Gasteiger partial charge in [-0.3, -0.25) is 19.1 Å². The van der Waals surface area contributed by atoms with Gasteiger partial charge < -0.3 is 19.7 Å². The third kappa shape index (κ3) is 4.87. The Morgan fingerprint density at radius 3 is 2.45 bits per heavy atom. The number of piperazine rings is 1. The molecule has 2 aromatic heterocycles. The van der Waals surface area contributed by atoms with Crippen LogP contribution in [-0.2, 0) is 18.0 Å². The van der Waals surface area contributed by atoms with Crippen molar-refractivity contribution in [3.05, 3.63) is 53.2 Å². The van der Waals surface area contributed by atoms with Crippen LogP contribution in [0.2, 0.25) is 0 Å². The van der Waals surface area contributed by atoms with Gasteiger partial charge in [0, 0.05) is 50.7 Å². The molecule has 1 saturated carbocycles. The number of halogens is 3. The first-order valence-corrected chi connectivity index (χ1v) is 12.2. The smallest absolute Gasteiger partial charge is 0.342 e. The molecule has 3 amide bonds. The minimum atomic E-state index is -4.65. The molecule has 0 unspecified atom stereocenters. The summed E-state index contributed by atoms with van der Waals surface area (Å²) in [5.74, 6) is -0.838. The Morgan fingerprint density at radius 2 is 1.84 bits per heavy atom. The molecule has 0 atom stereocenters. The van der Waals surface area contributed by atoms with Crippen LogP contribution in [0.25, 0.3) is 11.3 Å². The number of amides is 3. The Hall–Kier alpha value is -4.16. The molecule has 0 radical (unpaired) electrons. The quantitative estimate of drug-likeness (QED) is 0.494. The SMILES string of the molecule is Cc1cc(NC(=O)c2ncc(-c3cn(C4CC4)nc3C(F)(F)F)n2C)ccc1C(=O)N1CCN(C=O)CC1. The highest BCUT2D eigenvalue weighted by atomic mass is 19.4. The lowest BCUT2D eigenvalue weighted by atomic mass is 10.1. The van der Waals surface area contributed by atoms with Gasteiger partial charge in [0.05, 0.1) is 23.5 Å². The largest absolute Gasteiger partial charge is 0.435 e. The summed E-state index contributed by atoms with van der Waals surface area (Å²) < 4.78 is 43.6. The molecule has 1 aliphatic heterocycles. The lowest BCUT2D eigenvalue weighted by Crippen LogP contribution is -2.48. The first-order chi connectivity index (χ1) is 18.1. The van der Waals surface area contributed by atoms with E-state index in [0.29, 0.717) is 43.0 Å². The lowest BCUT2D eigenvalue weighted by molar-refractivity contribution is -0.141. The number of hydrogen-bond donors (Lipinski definition) is 1. The Balaban J connectivity index is 1.32. The van der Waals surface area contributed by atoms with Crippen LogP contribution in [0.15, 0.2) is 30.6 Å². The lowest BCUT2D eigenvalue weighted by Gasteiger charge is -2.32. The zero-order valence-electron chi connectivity index (χ0n) is 20.8. The summed E-state index contributed by atoms with van der Waals surface area (Å²) in [5.41, 5.74) is 0.523. The molecule has 0 spiro atoms. The van der Waals surface area contributed by atoms with Gasteiger partial charge in [-0.15, -0.1) is 0 Å². The molecule has 10 nitrogen and oxygen atoms in total. The highest BCUT2D eigenvalue weighted by Gasteiger charge is 2.40. The Bertz CT molecular complexity index is 1400. The molecule has 1 aromatic carbocycles. The second-order valence-electron chi connectivity index (χ2n) is 9.54. The summed E-state index contributed by atoms with van der Waals surface area (Å²) in [6.45, 7) is 3.57. The zero-order chi connectivity index (χ0) is 27.2. The fraction of sp³-hybridized carbons (Fsp3) is 0.400. The van der Waals surface area contributed by atoms with Gasteiger partial charge in [-0.1, -0.05) is 0 Å². The van der Waals surface area contributed by atoms with Crippen LogP contribution in [-0.4, -0.2) is 73.5 Å². The van der Waals surface area contributed by atoms with Crippen LogP contribution in [0.3, 0.4) is 0 Å². The molecule has 3 aromatic rings. The highest BCUT2D eigenvalue weighted by molar-refractivity contribution is 6.03. The van der Waals surface area contributed by atoms with Crippen molar-refractivity contribution < 1.29 is 27.6 Å². The van der Waals surface area contributed by atoms with E-state index in [9.17, 15) is 27.6 Å². The maximum absolute atomic E-state index is 13.7. The molecular weight excluding hydrogens is 503 g/mol. The minimum absolute atomic E-state index is 0.0418. The number of carbonyl (C=O) groups is 3. The van der Waals surface area contributed by atoms with Crippen molar-refractivity contribution in [1.29, 1.82) is 0 Å². The number of aryl methyl sites for hydroxylation is 1. The predicted molar refractivity (Wildman–Crippen MR) is 130 cm³/mol.